The number of hydrogen-bond donors (Lipinski definition) is 1. The van der Waals surface area contributed by atoms with Crippen molar-refractivity contribution in [1.82, 2.24) is 0 Å². The minimum absolute atomic E-state index is 0.0751. The van der Waals surface area contributed by atoms with E-state index in [1.165, 1.54) is 20.8 Å². The molecule has 2 aliphatic rings. The normalized spacial score (nSPS) is 37.5. The van der Waals surface area contributed by atoms with Crippen molar-refractivity contribution in [2.45, 2.75) is 98.6 Å². The highest BCUT2D eigenvalue weighted by Gasteiger charge is 2.53. The first-order valence-corrected chi connectivity index (χ1v) is 11.7. The molecule has 7 atom stereocenters. The lowest BCUT2D eigenvalue weighted by atomic mass is 9.68. The standard InChI is InChI=1S/C26H40O7/c1-15-13-21(31-17(3)27)23-20(25(6,7)30)10-12-26(23,8)11-9-16(2)24(33-19(5)29)22(14-15)32-18(4)28/h9,11,14,16,20-24,30H,10,12-13H2,1-8H3/b11-9+,15-14+/t16-,20+,21-,22-,23+,24+,26-/m0/s1. The maximum Gasteiger partial charge on any atom is 0.303 e. The molecule has 0 bridgehead atoms. The molecule has 7 heteroatoms. The first kappa shape index (κ1) is 27.1. The van der Waals surface area contributed by atoms with Gasteiger partial charge in [-0.2, -0.15) is 0 Å². The zero-order valence-electron chi connectivity index (χ0n) is 21.2. The van der Waals surface area contributed by atoms with Gasteiger partial charge in [0.05, 0.1) is 5.60 Å². The molecule has 1 fully saturated rings. The van der Waals surface area contributed by atoms with E-state index in [1.807, 2.05) is 33.8 Å². The summed E-state index contributed by atoms with van der Waals surface area (Å²) in [6.07, 6.45) is 5.97. The smallest absolute Gasteiger partial charge is 0.303 e. The molecule has 1 saturated carbocycles. The Balaban J connectivity index is 2.65. The summed E-state index contributed by atoms with van der Waals surface area (Å²) < 4.78 is 17.0. The van der Waals surface area contributed by atoms with Gasteiger partial charge < -0.3 is 19.3 Å². The number of carbonyl (C=O) groups excluding carboxylic acids is 3. The number of ether oxygens (including phenoxy) is 3. The Morgan fingerprint density at radius 3 is 2.15 bits per heavy atom. The van der Waals surface area contributed by atoms with E-state index in [0.717, 1.165) is 18.4 Å². The molecular weight excluding hydrogens is 424 g/mol. The maximum absolute atomic E-state index is 12.1. The summed E-state index contributed by atoms with van der Waals surface area (Å²) in [5.74, 6) is -1.75. The fourth-order valence-electron chi connectivity index (χ4n) is 5.60. The summed E-state index contributed by atoms with van der Waals surface area (Å²) in [5, 5.41) is 11.0. The van der Waals surface area contributed by atoms with Crippen LogP contribution in [-0.4, -0.2) is 46.9 Å². The molecule has 0 aliphatic heterocycles. The Bertz CT molecular complexity index is 806. The number of fused-ring (bicyclic) bond motifs is 1. The predicted molar refractivity (Wildman–Crippen MR) is 124 cm³/mol. The van der Waals surface area contributed by atoms with E-state index in [9.17, 15) is 19.5 Å². The molecule has 2 aliphatic carbocycles. The molecule has 0 radical (unpaired) electrons. The van der Waals surface area contributed by atoms with Gasteiger partial charge in [-0.25, -0.2) is 0 Å². The second kappa shape index (κ2) is 10.4. The largest absolute Gasteiger partial charge is 0.462 e. The molecule has 7 nitrogen and oxygen atoms in total. The van der Waals surface area contributed by atoms with Crippen LogP contribution >= 0.6 is 0 Å². The van der Waals surface area contributed by atoms with E-state index >= 15 is 0 Å². The lowest BCUT2D eigenvalue weighted by molar-refractivity contribution is -0.164. The summed E-state index contributed by atoms with van der Waals surface area (Å²) in [5.41, 5.74) is -0.442. The molecule has 0 aromatic carbocycles. The Morgan fingerprint density at radius 1 is 1.06 bits per heavy atom. The van der Waals surface area contributed by atoms with Crippen LogP contribution in [0.3, 0.4) is 0 Å². The zero-order chi connectivity index (χ0) is 25.1. The number of rotatable bonds is 4. The fourth-order valence-corrected chi connectivity index (χ4v) is 5.60. The van der Waals surface area contributed by atoms with E-state index in [2.05, 4.69) is 13.0 Å². The quantitative estimate of drug-likeness (QED) is 0.379. The summed E-state index contributed by atoms with van der Waals surface area (Å²) in [7, 11) is 0. The SMILES string of the molecule is CC(=O)O[C@H]1[C@@H](OC(C)=O)/C=C(\C)C[C@H](OC(C)=O)[C@H]2[C@H](C(C)(C)O)CC[C@]2(C)/C=C/[C@@H]1C. The Morgan fingerprint density at radius 2 is 1.64 bits per heavy atom. The summed E-state index contributed by atoms with van der Waals surface area (Å²) in [6.45, 7) is 13.6. The van der Waals surface area contributed by atoms with E-state index < -0.39 is 35.9 Å². The summed E-state index contributed by atoms with van der Waals surface area (Å²) >= 11 is 0. The number of aliphatic hydroxyl groups is 1. The van der Waals surface area contributed by atoms with Gasteiger partial charge in [-0.3, -0.25) is 14.4 Å². The number of allylic oxidation sites excluding steroid dienone is 1. The van der Waals surface area contributed by atoms with Crippen molar-refractivity contribution >= 4 is 17.9 Å². The first-order chi connectivity index (χ1) is 15.1. The van der Waals surface area contributed by atoms with E-state index in [1.54, 1.807) is 6.08 Å². The minimum Gasteiger partial charge on any atom is -0.462 e. The van der Waals surface area contributed by atoms with Gasteiger partial charge in [-0.15, -0.1) is 0 Å². The third-order valence-electron chi connectivity index (χ3n) is 7.01. The van der Waals surface area contributed by atoms with Crippen molar-refractivity contribution in [3.05, 3.63) is 23.8 Å². The number of hydrogen-bond acceptors (Lipinski definition) is 7. The van der Waals surface area contributed by atoms with Gasteiger partial charge in [0.2, 0.25) is 0 Å². The third-order valence-corrected chi connectivity index (χ3v) is 7.01. The lowest BCUT2D eigenvalue weighted by Crippen LogP contribution is -2.44. The van der Waals surface area contributed by atoms with Gasteiger partial charge in [0.1, 0.15) is 12.2 Å². The molecule has 0 amide bonds. The molecule has 33 heavy (non-hydrogen) atoms. The monoisotopic (exact) mass is 464 g/mol. The first-order valence-electron chi connectivity index (χ1n) is 11.7. The average Bonchev–Trinajstić information content (AvgIpc) is 2.99. The van der Waals surface area contributed by atoms with Crippen LogP contribution in [0.1, 0.15) is 74.7 Å². The Hall–Kier alpha value is -2.15. The van der Waals surface area contributed by atoms with Crippen LogP contribution in [0.25, 0.3) is 0 Å². The lowest BCUT2D eigenvalue weighted by Gasteiger charge is -2.41. The van der Waals surface area contributed by atoms with Gasteiger partial charge in [-0.1, -0.05) is 31.6 Å². The van der Waals surface area contributed by atoms with Crippen molar-refractivity contribution in [2.24, 2.45) is 23.2 Å². The fraction of sp³-hybridized carbons (Fsp3) is 0.731. The maximum atomic E-state index is 12.1. The predicted octanol–water partition coefficient (Wildman–Crippen LogP) is 4.13. The molecular formula is C26H40O7. The average molecular weight is 465 g/mol. The van der Waals surface area contributed by atoms with E-state index in [0.29, 0.717) is 6.42 Å². The zero-order valence-corrected chi connectivity index (χ0v) is 21.2. The molecule has 0 spiro atoms. The van der Waals surface area contributed by atoms with Gasteiger partial charge in [0.15, 0.2) is 6.10 Å². The van der Waals surface area contributed by atoms with E-state index in [4.69, 9.17) is 14.2 Å². The van der Waals surface area contributed by atoms with Gasteiger partial charge >= 0.3 is 17.9 Å². The topological polar surface area (TPSA) is 99.1 Å². The van der Waals surface area contributed by atoms with Crippen LogP contribution in [0.5, 0.6) is 0 Å². The number of carbonyl (C=O) groups is 3. The van der Waals surface area contributed by atoms with E-state index in [-0.39, 0.29) is 29.1 Å². The van der Waals surface area contributed by atoms with Crippen LogP contribution in [-0.2, 0) is 28.6 Å². The minimum atomic E-state index is -0.946. The Kier molecular flexibility index (Phi) is 8.55. The molecule has 0 heterocycles. The second-order valence-electron chi connectivity index (χ2n) is 10.6. The van der Waals surface area contributed by atoms with Gasteiger partial charge in [0, 0.05) is 39.0 Å². The molecule has 2 rings (SSSR count). The van der Waals surface area contributed by atoms with Crippen LogP contribution in [0, 0.1) is 23.2 Å². The molecule has 0 aromatic heterocycles. The van der Waals surface area contributed by atoms with Crippen LogP contribution in [0.15, 0.2) is 23.8 Å². The highest BCUT2D eigenvalue weighted by Crippen LogP contribution is 2.54. The van der Waals surface area contributed by atoms with Crippen LogP contribution in [0.2, 0.25) is 0 Å². The van der Waals surface area contributed by atoms with Crippen molar-refractivity contribution in [1.29, 1.82) is 0 Å². The third kappa shape index (κ3) is 6.92. The van der Waals surface area contributed by atoms with Crippen molar-refractivity contribution < 1.29 is 33.7 Å². The highest BCUT2D eigenvalue weighted by molar-refractivity contribution is 5.68. The van der Waals surface area contributed by atoms with Gasteiger partial charge in [0.25, 0.3) is 0 Å². The van der Waals surface area contributed by atoms with Crippen molar-refractivity contribution in [2.75, 3.05) is 0 Å². The summed E-state index contributed by atoms with van der Waals surface area (Å²) in [4.78, 5) is 35.8. The Labute approximate surface area is 197 Å². The van der Waals surface area contributed by atoms with Gasteiger partial charge in [-0.05, 0) is 51.0 Å². The molecule has 186 valence electrons. The molecule has 0 unspecified atom stereocenters. The van der Waals surface area contributed by atoms with Crippen molar-refractivity contribution in [3.63, 3.8) is 0 Å². The second-order valence-corrected chi connectivity index (χ2v) is 10.6. The highest BCUT2D eigenvalue weighted by atomic mass is 16.6. The van der Waals surface area contributed by atoms with Crippen LogP contribution < -0.4 is 0 Å². The number of esters is 3. The molecule has 1 N–H and O–H groups in total. The molecule has 0 saturated heterocycles. The van der Waals surface area contributed by atoms with Crippen molar-refractivity contribution in [3.8, 4) is 0 Å². The van der Waals surface area contributed by atoms with Crippen LogP contribution in [0.4, 0.5) is 0 Å². The summed E-state index contributed by atoms with van der Waals surface area (Å²) in [6, 6.07) is 0. The molecule has 0 aromatic rings.